The van der Waals surface area contributed by atoms with Gasteiger partial charge in [-0.1, -0.05) is 18.2 Å². The Bertz CT molecular complexity index is 1050. The number of aromatic amines is 1. The number of ether oxygens (including phenoxy) is 1. The van der Waals surface area contributed by atoms with Crippen LogP contribution in [-0.2, 0) is 13.6 Å². The van der Waals surface area contributed by atoms with E-state index in [9.17, 15) is 19.8 Å². The second-order valence-electron chi connectivity index (χ2n) is 6.54. The van der Waals surface area contributed by atoms with E-state index in [-0.39, 0.29) is 36.8 Å². The van der Waals surface area contributed by atoms with Crippen LogP contribution in [0.3, 0.4) is 0 Å². The van der Waals surface area contributed by atoms with Crippen molar-refractivity contribution in [2.45, 2.75) is 25.7 Å². The fourth-order valence-corrected chi connectivity index (χ4v) is 2.76. The lowest BCUT2D eigenvalue weighted by molar-refractivity contribution is 0.0938. The third-order valence-corrected chi connectivity index (χ3v) is 4.14. The highest BCUT2D eigenvalue weighted by Crippen LogP contribution is 2.17. The molecular weight excluding hydrogens is 366 g/mol. The van der Waals surface area contributed by atoms with Gasteiger partial charge in [0.25, 0.3) is 5.56 Å². The molecule has 0 bridgehead atoms. The Hall–Kier alpha value is -3.11. The van der Waals surface area contributed by atoms with E-state index in [4.69, 9.17) is 4.74 Å². The van der Waals surface area contributed by atoms with Crippen molar-refractivity contribution in [2.75, 3.05) is 18.5 Å². The van der Waals surface area contributed by atoms with Gasteiger partial charge < -0.3 is 24.8 Å². The molecular formula is C18H23N5O5. The second kappa shape index (κ2) is 8.28. The molecule has 0 aliphatic carbocycles. The molecule has 0 amide bonds. The highest BCUT2D eigenvalue weighted by Gasteiger charge is 2.20. The van der Waals surface area contributed by atoms with Gasteiger partial charge >= 0.3 is 5.69 Å². The maximum absolute atomic E-state index is 12.4. The highest BCUT2D eigenvalue weighted by molar-refractivity contribution is 5.74. The number of aliphatic hydroxyl groups is 2. The number of fused-ring (bicyclic) bond motifs is 1. The van der Waals surface area contributed by atoms with Crippen molar-refractivity contribution in [1.82, 2.24) is 19.1 Å². The molecule has 0 spiro atoms. The van der Waals surface area contributed by atoms with Crippen molar-refractivity contribution in [2.24, 2.45) is 7.05 Å². The number of anilines is 1. The molecule has 28 heavy (non-hydrogen) atoms. The summed E-state index contributed by atoms with van der Waals surface area (Å²) in [7, 11) is 1.49. The fraction of sp³-hybridized carbons (Fsp3) is 0.389. The minimum Gasteiger partial charge on any atom is -0.491 e. The number of hydrogen-bond acceptors (Lipinski definition) is 7. The lowest BCUT2D eigenvalue weighted by atomic mass is 10.3. The molecule has 3 rings (SSSR count). The number of para-hydroxylation sites is 1. The minimum atomic E-state index is -0.943. The van der Waals surface area contributed by atoms with Crippen LogP contribution in [0, 0.1) is 0 Å². The predicted octanol–water partition coefficient (Wildman–Crippen LogP) is -0.344. The van der Waals surface area contributed by atoms with E-state index >= 15 is 0 Å². The summed E-state index contributed by atoms with van der Waals surface area (Å²) in [5.74, 6) is 0.881. The Morgan fingerprint density at radius 2 is 1.96 bits per heavy atom. The average molecular weight is 389 g/mol. The number of benzene rings is 1. The molecule has 150 valence electrons. The van der Waals surface area contributed by atoms with Crippen molar-refractivity contribution >= 4 is 17.1 Å². The van der Waals surface area contributed by atoms with Crippen LogP contribution in [0.25, 0.3) is 11.2 Å². The Labute approximate surface area is 160 Å². The van der Waals surface area contributed by atoms with Crippen LogP contribution >= 0.6 is 0 Å². The molecule has 0 aliphatic heterocycles. The fourth-order valence-electron chi connectivity index (χ4n) is 2.76. The van der Waals surface area contributed by atoms with Crippen LogP contribution in [0.4, 0.5) is 5.95 Å². The van der Waals surface area contributed by atoms with E-state index in [1.807, 2.05) is 18.2 Å². The van der Waals surface area contributed by atoms with E-state index in [1.54, 1.807) is 19.1 Å². The first-order valence-corrected chi connectivity index (χ1v) is 8.84. The van der Waals surface area contributed by atoms with Gasteiger partial charge in [0.15, 0.2) is 11.2 Å². The molecule has 0 radical (unpaired) electrons. The van der Waals surface area contributed by atoms with Gasteiger partial charge in [-0.05, 0) is 19.1 Å². The second-order valence-corrected chi connectivity index (χ2v) is 6.54. The zero-order valence-corrected chi connectivity index (χ0v) is 15.6. The van der Waals surface area contributed by atoms with Gasteiger partial charge in [0.2, 0.25) is 5.95 Å². The van der Waals surface area contributed by atoms with E-state index in [2.05, 4.69) is 15.3 Å². The number of aryl methyl sites for hydroxylation is 1. The van der Waals surface area contributed by atoms with Gasteiger partial charge in [-0.15, -0.1) is 0 Å². The topological polar surface area (TPSA) is 134 Å². The SMILES string of the molecule is C[C@@H](O)CNc1nc2c(c(=O)[nH]c(=O)n2C)n1C[C@H](O)COc1ccccc1. The lowest BCUT2D eigenvalue weighted by Crippen LogP contribution is -2.31. The van der Waals surface area contributed by atoms with Gasteiger partial charge in [0.1, 0.15) is 18.5 Å². The molecule has 4 N–H and O–H groups in total. The average Bonchev–Trinajstić information content (AvgIpc) is 3.02. The van der Waals surface area contributed by atoms with Crippen LogP contribution in [0.15, 0.2) is 39.9 Å². The number of imidazole rings is 1. The molecule has 1 aromatic carbocycles. The first-order valence-electron chi connectivity index (χ1n) is 8.84. The maximum Gasteiger partial charge on any atom is 0.329 e. The zero-order valence-electron chi connectivity index (χ0n) is 15.6. The van der Waals surface area contributed by atoms with Gasteiger partial charge in [-0.2, -0.15) is 4.98 Å². The van der Waals surface area contributed by atoms with E-state index < -0.39 is 23.5 Å². The lowest BCUT2D eigenvalue weighted by Gasteiger charge is -2.16. The summed E-state index contributed by atoms with van der Waals surface area (Å²) in [5.41, 5.74) is -0.865. The molecule has 0 unspecified atom stereocenters. The number of aliphatic hydroxyl groups excluding tert-OH is 2. The minimum absolute atomic E-state index is 0.00317. The normalized spacial score (nSPS) is 13.4. The Morgan fingerprint density at radius 1 is 1.25 bits per heavy atom. The molecule has 0 fully saturated rings. The van der Waals surface area contributed by atoms with Crippen molar-refractivity contribution in [3.63, 3.8) is 0 Å². The molecule has 10 nitrogen and oxygen atoms in total. The van der Waals surface area contributed by atoms with Crippen molar-refractivity contribution in [3.8, 4) is 5.75 Å². The van der Waals surface area contributed by atoms with Gasteiger partial charge in [0.05, 0.1) is 12.6 Å². The first-order chi connectivity index (χ1) is 13.4. The summed E-state index contributed by atoms with van der Waals surface area (Å²) >= 11 is 0. The standard InChI is InChI=1S/C18H23N5O5/c1-11(24)8-19-17-20-15-14(16(26)21-18(27)22(15)2)23(17)9-12(25)10-28-13-6-4-3-5-7-13/h3-7,11-12,24-25H,8-10H2,1-2H3,(H,19,20)(H,21,26,27)/t11-,12+/m1/s1. The third-order valence-electron chi connectivity index (χ3n) is 4.14. The number of hydrogen-bond donors (Lipinski definition) is 4. The first kappa shape index (κ1) is 19.6. The predicted molar refractivity (Wildman–Crippen MR) is 104 cm³/mol. The maximum atomic E-state index is 12.4. The monoisotopic (exact) mass is 389 g/mol. The van der Waals surface area contributed by atoms with Crippen LogP contribution in [0.2, 0.25) is 0 Å². The largest absolute Gasteiger partial charge is 0.491 e. The zero-order chi connectivity index (χ0) is 20.3. The van der Waals surface area contributed by atoms with Crippen LogP contribution in [-0.4, -0.2) is 54.7 Å². The van der Waals surface area contributed by atoms with Crippen LogP contribution in [0.5, 0.6) is 5.75 Å². The molecule has 0 saturated carbocycles. The number of rotatable bonds is 8. The molecule has 2 aromatic heterocycles. The Balaban J connectivity index is 1.90. The Kier molecular flexibility index (Phi) is 5.81. The summed E-state index contributed by atoms with van der Waals surface area (Å²) in [6.07, 6.45) is -1.59. The van der Waals surface area contributed by atoms with E-state index in [0.717, 1.165) is 0 Å². The van der Waals surface area contributed by atoms with Crippen molar-refractivity contribution in [3.05, 3.63) is 51.2 Å². The summed E-state index contributed by atoms with van der Waals surface area (Å²) in [5, 5.41) is 22.9. The van der Waals surface area contributed by atoms with E-state index in [1.165, 1.54) is 16.2 Å². The third kappa shape index (κ3) is 4.24. The number of nitrogens with one attached hydrogen (secondary N) is 2. The highest BCUT2D eigenvalue weighted by atomic mass is 16.5. The van der Waals surface area contributed by atoms with Gasteiger partial charge in [-0.25, -0.2) is 4.79 Å². The van der Waals surface area contributed by atoms with Crippen LogP contribution in [0.1, 0.15) is 6.92 Å². The summed E-state index contributed by atoms with van der Waals surface area (Å²) in [4.78, 5) is 30.8. The smallest absolute Gasteiger partial charge is 0.329 e. The molecule has 10 heteroatoms. The number of H-pyrrole nitrogens is 1. The number of nitrogens with zero attached hydrogens (tertiary/aromatic N) is 3. The van der Waals surface area contributed by atoms with Gasteiger partial charge in [-0.3, -0.25) is 14.3 Å². The van der Waals surface area contributed by atoms with Crippen molar-refractivity contribution < 1.29 is 14.9 Å². The molecule has 2 atom stereocenters. The van der Waals surface area contributed by atoms with Gasteiger partial charge in [0, 0.05) is 13.6 Å². The van der Waals surface area contributed by atoms with E-state index in [0.29, 0.717) is 5.75 Å². The summed E-state index contributed by atoms with van der Waals surface area (Å²) < 4.78 is 8.25. The van der Waals surface area contributed by atoms with Crippen molar-refractivity contribution in [1.29, 1.82) is 0 Å². The summed E-state index contributed by atoms with van der Waals surface area (Å²) in [6.45, 7) is 1.80. The molecule has 3 aromatic rings. The summed E-state index contributed by atoms with van der Waals surface area (Å²) in [6, 6.07) is 9.05. The Morgan fingerprint density at radius 3 is 2.64 bits per heavy atom. The molecule has 0 aliphatic rings. The quantitative estimate of drug-likeness (QED) is 0.414. The van der Waals surface area contributed by atoms with Crippen LogP contribution < -0.4 is 21.3 Å². The number of aromatic nitrogens is 4. The molecule has 0 saturated heterocycles. The molecule has 2 heterocycles.